The minimum atomic E-state index is -1.76. The second-order valence-electron chi connectivity index (χ2n) is 9.13. The number of carbonyl (C=O) groups is 1. The van der Waals surface area contributed by atoms with Crippen molar-refractivity contribution in [2.75, 3.05) is 6.61 Å². The van der Waals surface area contributed by atoms with Gasteiger partial charge in [0.1, 0.15) is 0 Å². The lowest BCUT2D eigenvalue weighted by atomic mass is 9.67. The molecule has 2 aliphatic rings. The molecular weight excluding hydrogens is 316 g/mol. The van der Waals surface area contributed by atoms with Gasteiger partial charge < -0.3 is 9.16 Å². The van der Waals surface area contributed by atoms with Crippen LogP contribution in [0.4, 0.5) is 0 Å². The Balaban J connectivity index is 2.15. The van der Waals surface area contributed by atoms with Crippen molar-refractivity contribution in [2.24, 2.45) is 11.3 Å². The summed E-state index contributed by atoms with van der Waals surface area (Å²) in [7, 11) is -1.76. The standard InChI is InChI=1S/C20H36O3Si/c1-7-22-18(21)12-15-20-13-8-10-16(20)17(11-9-14-20)23-24(5,6)19(2,3)4/h12,15-17H,7-11,13-14H2,1-6H3/b15-12+/t16-,17+,20-/m0/s1. The van der Waals surface area contributed by atoms with Gasteiger partial charge in [0, 0.05) is 12.2 Å². The topological polar surface area (TPSA) is 35.5 Å². The predicted octanol–water partition coefficient (Wildman–Crippen LogP) is 5.47. The van der Waals surface area contributed by atoms with Gasteiger partial charge in [-0.2, -0.15) is 0 Å². The summed E-state index contributed by atoms with van der Waals surface area (Å²) in [5.41, 5.74) is 0.151. The monoisotopic (exact) mass is 352 g/mol. The fourth-order valence-corrected chi connectivity index (χ4v) is 5.63. The first-order valence-corrected chi connectivity index (χ1v) is 12.6. The molecule has 3 atom stereocenters. The Morgan fingerprint density at radius 2 is 1.83 bits per heavy atom. The third-order valence-electron chi connectivity index (χ3n) is 6.57. The molecule has 0 N–H and O–H groups in total. The molecule has 0 bridgehead atoms. The summed E-state index contributed by atoms with van der Waals surface area (Å²) >= 11 is 0. The van der Waals surface area contributed by atoms with E-state index in [1.165, 1.54) is 38.5 Å². The van der Waals surface area contributed by atoms with Crippen LogP contribution in [0.15, 0.2) is 12.2 Å². The van der Waals surface area contributed by atoms with E-state index in [4.69, 9.17) is 9.16 Å². The lowest BCUT2D eigenvalue weighted by molar-refractivity contribution is -0.137. The second kappa shape index (κ2) is 7.33. The summed E-state index contributed by atoms with van der Waals surface area (Å²) in [4.78, 5) is 11.8. The van der Waals surface area contributed by atoms with Crippen LogP contribution in [0.5, 0.6) is 0 Å². The smallest absolute Gasteiger partial charge is 0.330 e. The van der Waals surface area contributed by atoms with Crippen molar-refractivity contribution >= 4 is 14.3 Å². The zero-order valence-electron chi connectivity index (χ0n) is 16.5. The lowest BCUT2D eigenvalue weighted by Crippen LogP contribution is -2.49. The molecule has 0 unspecified atom stereocenters. The SMILES string of the molecule is CCOC(=O)/C=C/[C@]12CCC[C@@H](O[Si](C)(C)C(C)(C)C)[C@@H]1CCC2. The fourth-order valence-electron chi connectivity index (χ4n) is 4.23. The first kappa shape index (κ1) is 19.7. The van der Waals surface area contributed by atoms with E-state index in [0.717, 1.165) is 0 Å². The number of carbonyl (C=O) groups excluding carboxylic acids is 1. The summed E-state index contributed by atoms with van der Waals surface area (Å²) in [6.07, 6.45) is 11.4. The highest BCUT2D eigenvalue weighted by molar-refractivity contribution is 6.74. The minimum absolute atomic E-state index is 0.151. The van der Waals surface area contributed by atoms with E-state index < -0.39 is 8.32 Å². The average Bonchev–Trinajstić information content (AvgIpc) is 2.89. The third kappa shape index (κ3) is 4.13. The van der Waals surface area contributed by atoms with Gasteiger partial charge in [-0.05, 0) is 62.1 Å². The molecule has 0 aliphatic heterocycles. The summed E-state index contributed by atoms with van der Waals surface area (Å²) in [5, 5.41) is 0.243. The number of allylic oxidation sites excluding steroid dienone is 1. The Hall–Kier alpha value is -0.613. The van der Waals surface area contributed by atoms with Gasteiger partial charge in [-0.25, -0.2) is 4.79 Å². The number of esters is 1. The second-order valence-corrected chi connectivity index (χ2v) is 13.9. The molecule has 0 heterocycles. The largest absolute Gasteiger partial charge is 0.463 e. The van der Waals surface area contributed by atoms with Crippen molar-refractivity contribution in [2.45, 2.75) is 90.5 Å². The molecule has 0 aromatic carbocycles. The normalized spacial score (nSPS) is 31.2. The van der Waals surface area contributed by atoms with Crippen molar-refractivity contribution in [3.8, 4) is 0 Å². The molecule has 0 spiro atoms. The molecule has 2 rings (SSSR count). The fraction of sp³-hybridized carbons (Fsp3) is 0.850. The van der Waals surface area contributed by atoms with Gasteiger partial charge in [0.25, 0.3) is 0 Å². The Morgan fingerprint density at radius 3 is 2.42 bits per heavy atom. The molecule has 0 amide bonds. The molecule has 138 valence electrons. The predicted molar refractivity (Wildman–Crippen MR) is 101 cm³/mol. The van der Waals surface area contributed by atoms with Gasteiger partial charge in [0.2, 0.25) is 0 Å². The van der Waals surface area contributed by atoms with E-state index >= 15 is 0 Å². The zero-order chi connectivity index (χ0) is 18.0. The Bertz CT molecular complexity index is 478. The van der Waals surface area contributed by atoms with Gasteiger partial charge in [-0.1, -0.05) is 39.7 Å². The van der Waals surface area contributed by atoms with Crippen LogP contribution in [0.25, 0.3) is 0 Å². The Labute approximate surface area is 149 Å². The van der Waals surface area contributed by atoms with Crippen LogP contribution in [-0.4, -0.2) is 27.0 Å². The van der Waals surface area contributed by atoms with E-state index in [2.05, 4.69) is 39.9 Å². The maximum absolute atomic E-state index is 11.8. The number of ether oxygens (including phenoxy) is 1. The van der Waals surface area contributed by atoms with Gasteiger partial charge >= 0.3 is 5.97 Å². The Morgan fingerprint density at radius 1 is 1.21 bits per heavy atom. The van der Waals surface area contributed by atoms with Crippen molar-refractivity contribution in [3.05, 3.63) is 12.2 Å². The van der Waals surface area contributed by atoms with Gasteiger partial charge in [0.15, 0.2) is 8.32 Å². The number of rotatable bonds is 5. The highest BCUT2D eigenvalue weighted by atomic mass is 28.4. The van der Waals surface area contributed by atoms with Gasteiger partial charge in [-0.15, -0.1) is 0 Å². The first-order chi connectivity index (χ1) is 11.1. The Kier molecular flexibility index (Phi) is 6.02. The van der Waals surface area contributed by atoms with Crippen LogP contribution >= 0.6 is 0 Å². The zero-order valence-corrected chi connectivity index (χ0v) is 17.5. The van der Waals surface area contributed by atoms with Crippen molar-refractivity contribution < 1.29 is 14.0 Å². The van der Waals surface area contributed by atoms with E-state index in [0.29, 0.717) is 18.6 Å². The molecule has 3 nitrogen and oxygen atoms in total. The van der Waals surface area contributed by atoms with Crippen LogP contribution in [0.3, 0.4) is 0 Å². The molecule has 0 aromatic rings. The third-order valence-corrected chi connectivity index (χ3v) is 11.1. The van der Waals surface area contributed by atoms with E-state index in [1.54, 1.807) is 6.08 Å². The molecule has 2 aliphatic carbocycles. The van der Waals surface area contributed by atoms with Crippen LogP contribution in [0.2, 0.25) is 18.1 Å². The van der Waals surface area contributed by atoms with Crippen molar-refractivity contribution in [1.82, 2.24) is 0 Å². The first-order valence-electron chi connectivity index (χ1n) is 9.65. The van der Waals surface area contributed by atoms with E-state index in [-0.39, 0.29) is 16.4 Å². The summed E-state index contributed by atoms with van der Waals surface area (Å²) in [6.45, 7) is 13.9. The van der Waals surface area contributed by atoms with Crippen molar-refractivity contribution in [1.29, 1.82) is 0 Å². The number of hydrogen-bond donors (Lipinski definition) is 0. The molecular formula is C20H36O3Si. The van der Waals surface area contributed by atoms with Crippen LogP contribution in [0, 0.1) is 11.3 Å². The molecule has 0 saturated heterocycles. The maximum atomic E-state index is 11.8. The lowest BCUT2D eigenvalue weighted by Gasteiger charge is -2.47. The number of hydrogen-bond acceptors (Lipinski definition) is 3. The van der Waals surface area contributed by atoms with Crippen molar-refractivity contribution in [3.63, 3.8) is 0 Å². The molecule has 24 heavy (non-hydrogen) atoms. The van der Waals surface area contributed by atoms with Gasteiger partial charge in [-0.3, -0.25) is 0 Å². The minimum Gasteiger partial charge on any atom is -0.463 e. The summed E-state index contributed by atoms with van der Waals surface area (Å²) < 4.78 is 11.9. The van der Waals surface area contributed by atoms with Crippen LogP contribution < -0.4 is 0 Å². The maximum Gasteiger partial charge on any atom is 0.330 e. The average molecular weight is 353 g/mol. The quantitative estimate of drug-likeness (QED) is 0.374. The summed E-state index contributed by atoms with van der Waals surface area (Å²) in [5.74, 6) is 0.357. The van der Waals surface area contributed by atoms with Crippen LogP contribution in [-0.2, 0) is 14.0 Å². The summed E-state index contributed by atoms with van der Waals surface area (Å²) in [6, 6.07) is 0. The molecule has 2 fully saturated rings. The van der Waals surface area contributed by atoms with Gasteiger partial charge in [0.05, 0.1) is 6.61 Å². The van der Waals surface area contributed by atoms with E-state index in [9.17, 15) is 4.79 Å². The van der Waals surface area contributed by atoms with Crippen LogP contribution in [0.1, 0.15) is 66.2 Å². The molecule has 2 saturated carbocycles. The number of fused-ring (bicyclic) bond motifs is 1. The highest BCUT2D eigenvalue weighted by Crippen LogP contribution is 2.55. The molecule has 0 aromatic heterocycles. The van der Waals surface area contributed by atoms with E-state index in [1.807, 2.05) is 6.92 Å². The molecule has 0 radical (unpaired) electrons. The molecule has 4 heteroatoms. The highest BCUT2D eigenvalue weighted by Gasteiger charge is 2.50.